The molecule has 21 heavy (non-hydrogen) atoms. The lowest BCUT2D eigenvalue weighted by Gasteiger charge is -2.13. The van der Waals surface area contributed by atoms with Crippen molar-refractivity contribution in [2.24, 2.45) is 0 Å². The van der Waals surface area contributed by atoms with Crippen LogP contribution in [0.25, 0.3) is 0 Å². The summed E-state index contributed by atoms with van der Waals surface area (Å²) in [6.07, 6.45) is 11.8. The lowest BCUT2D eigenvalue weighted by molar-refractivity contribution is 0.457. The zero-order chi connectivity index (χ0) is 14.7. The Hall–Kier alpha value is -1.75. The highest BCUT2D eigenvalue weighted by Gasteiger charge is 2.19. The summed E-state index contributed by atoms with van der Waals surface area (Å²) >= 11 is 0. The highest BCUT2D eigenvalue weighted by atomic mass is 15.3. The molecule has 1 saturated carbocycles. The molecule has 2 aromatic heterocycles. The second-order valence-electron chi connectivity index (χ2n) is 5.89. The van der Waals surface area contributed by atoms with Gasteiger partial charge in [0.1, 0.15) is 5.82 Å². The second-order valence-corrected chi connectivity index (χ2v) is 5.89. The first-order valence-corrected chi connectivity index (χ1v) is 7.76. The summed E-state index contributed by atoms with van der Waals surface area (Å²) in [7, 11) is 1.95. The fourth-order valence-corrected chi connectivity index (χ4v) is 2.97. The van der Waals surface area contributed by atoms with Crippen molar-refractivity contribution in [3.05, 3.63) is 41.7 Å². The van der Waals surface area contributed by atoms with Gasteiger partial charge < -0.3 is 5.32 Å². The van der Waals surface area contributed by atoms with Gasteiger partial charge in [-0.3, -0.25) is 4.68 Å². The van der Waals surface area contributed by atoms with E-state index in [2.05, 4.69) is 32.2 Å². The summed E-state index contributed by atoms with van der Waals surface area (Å²) in [4.78, 5) is 8.84. The Balaban J connectivity index is 1.70. The molecule has 0 bridgehead atoms. The number of hydrogen-bond donors (Lipinski definition) is 1. The fraction of sp³-hybridized carbons (Fsp3) is 0.562. The van der Waals surface area contributed by atoms with Gasteiger partial charge in [-0.25, -0.2) is 9.97 Å². The third kappa shape index (κ3) is 3.29. The molecule has 1 aliphatic rings. The lowest BCUT2D eigenvalue weighted by Crippen LogP contribution is -2.21. The number of nitrogens with one attached hydrogen (secondary N) is 1. The molecule has 1 N–H and O–H groups in total. The van der Waals surface area contributed by atoms with Crippen LogP contribution >= 0.6 is 0 Å². The molecule has 2 heterocycles. The molecular weight excluding hydrogens is 262 g/mol. The number of aryl methyl sites for hydroxylation is 1. The minimum atomic E-state index is 0.109. The minimum absolute atomic E-state index is 0.109. The number of hydrogen-bond acceptors (Lipinski definition) is 4. The molecule has 0 aromatic carbocycles. The van der Waals surface area contributed by atoms with Crippen LogP contribution in [0.5, 0.6) is 0 Å². The van der Waals surface area contributed by atoms with Crippen LogP contribution in [0.3, 0.4) is 0 Å². The van der Waals surface area contributed by atoms with Crippen LogP contribution in [0.4, 0.5) is 0 Å². The Bertz CT molecular complexity index is 569. The summed E-state index contributed by atoms with van der Waals surface area (Å²) in [6, 6.07) is 2.83. The molecule has 3 rings (SSSR count). The van der Waals surface area contributed by atoms with Crippen molar-refractivity contribution in [3.63, 3.8) is 0 Å². The molecule has 5 heteroatoms. The van der Waals surface area contributed by atoms with Crippen molar-refractivity contribution < 1.29 is 0 Å². The monoisotopic (exact) mass is 285 g/mol. The first-order valence-electron chi connectivity index (χ1n) is 7.76. The smallest absolute Gasteiger partial charge is 0.145 e. The van der Waals surface area contributed by atoms with Gasteiger partial charge in [0.15, 0.2) is 0 Å². The van der Waals surface area contributed by atoms with Crippen molar-refractivity contribution in [2.75, 3.05) is 7.05 Å². The summed E-state index contributed by atoms with van der Waals surface area (Å²) in [5, 5.41) is 8.04. The second kappa shape index (κ2) is 6.35. The Labute approximate surface area is 125 Å². The predicted molar refractivity (Wildman–Crippen MR) is 82.0 cm³/mol. The van der Waals surface area contributed by atoms with E-state index < -0.39 is 0 Å². The average Bonchev–Trinajstić information content (AvgIpc) is 3.17. The highest BCUT2D eigenvalue weighted by Crippen LogP contribution is 2.29. The van der Waals surface area contributed by atoms with Crippen LogP contribution < -0.4 is 5.32 Å². The zero-order valence-electron chi connectivity index (χ0n) is 12.8. The molecule has 1 atom stereocenters. The molecule has 0 aliphatic heterocycles. The maximum Gasteiger partial charge on any atom is 0.145 e. The van der Waals surface area contributed by atoms with Crippen LogP contribution in [0.2, 0.25) is 0 Å². The van der Waals surface area contributed by atoms with Gasteiger partial charge in [0.25, 0.3) is 0 Å². The van der Waals surface area contributed by atoms with Crippen molar-refractivity contribution in [1.82, 2.24) is 25.1 Å². The Kier molecular flexibility index (Phi) is 4.29. The molecule has 1 unspecified atom stereocenters. The van der Waals surface area contributed by atoms with Crippen molar-refractivity contribution in [1.29, 1.82) is 0 Å². The van der Waals surface area contributed by atoms with Crippen molar-refractivity contribution in [2.45, 2.75) is 51.1 Å². The van der Waals surface area contributed by atoms with E-state index in [1.807, 2.05) is 26.4 Å². The van der Waals surface area contributed by atoms with E-state index in [4.69, 9.17) is 5.10 Å². The maximum absolute atomic E-state index is 4.74. The molecular formula is C16H23N5. The van der Waals surface area contributed by atoms with E-state index in [9.17, 15) is 0 Å². The number of rotatable bonds is 5. The SMILES string of the molecule is CNC(Cc1ccn(C2CCCC2)n1)c1ncc(C)cn1. The summed E-state index contributed by atoms with van der Waals surface area (Å²) in [6.45, 7) is 2.00. The summed E-state index contributed by atoms with van der Waals surface area (Å²) in [5.41, 5.74) is 2.18. The first-order chi connectivity index (χ1) is 10.3. The molecule has 0 amide bonds. The normalized spacial score (nSPS) is 17.2. The van der Waals surface area contributed by atoms with Crippen LogP contribution in [-0.2, 0) is 6.42 Å². The average molecular weight is 285 g/mol. The molecule has 112 valence electrons. The molecule has 0 saturated heterocycles. The van der Waals surface area contributed by atoms with Crippen LogP contribution in [0.15, 0.2) is 24.7 Å². The Morgan fingerprint density at radius 1 is 1.29 bits per heavy atom. The summed E-state index contributed by atoms with van der Waals surface area (Å²) < 4.78 is 2.14. The number of likely N-dealkylation sites (N-methyl/N-ethyl adjacent to an activating group) is 1. The molecule has 2 aromatic rings. The zero-order valence-corrected chi connectivity index (χ0v) is 12.8. The molecule has 1 fully saturated rings. The topological polar surface area (TPSA) is 55.6 Å². The minimum Gasteiger partial charge on any atom is -0.310 e. The van der Waals surface area contributed by atoms with Gasteiger partial charge in [-0.2, -0.15) is 5.10 Å². The van der Waals surface area contributed by atoms with E-state index >= 15 is 0 Å². The van der Waals surface area contributed by atoms with E-state index in [1.165, 1.54) is 25.7 Å². The molecule has 5 nitrogen and oxygen atoms in total. The lowest BCUT2D eigenvalue weighted by atomic mass is 10.1. The quantitative estimate of drug-likeness (QED) is 0.917. The number of aromatic nitrogens is 4. The van der Waals surface area contributed by atoms with Crippen LogP contribution in [-0.4, -0.2) is 26.8 Å². The maximum atomic E-state index is 4.74. The van der Waals surface area contributed by atoms with Gasteiger partial charge in [0.05, 0.1) is 17.8 Å². The van der Waals surface area contributed by atoms with Gasteiger partial charge in [-0.05, 0) is 38.4 Å². The van der Waals surface area contributed by atoms with Gasteiger partial charge in [-0.1, -0.05) is 12.8 Å². The van der Waals surface area contributed by atoms with E-state index in [-0.39, 0.29) is 6.04 Å². The van der Waals surface area contributed by atoms with Gasteiger partial charge in [-0.15, -0.1) is 0 Å². The van der Waals surface area contributed by atoms with Crippen molar-refractivity contribution >= 4 is 0 Å². The number of nitrogens with zero attached hydrogens (tertiary/aromatic N) is 4. The van der Waals surface area contributed by atoms with E-state index in [0.717, 1.165) is 23.5 Å². The van der Waals surface area contributed by atoms with Gasteiger partial charge in [0.2, 0.25) is 0 Å². The fourth-order valence-electron chi connectivity index (χ4n) is 2.97. The van der Waals surface area contributed by atoms with E-state index in [1.54, 1.807) is 0 Å². The summed E-state index contributed by atoms with van der Waals surface area (Å²) in [5.74, 6) is 0.832. The third-order valence-electron chi connectivity index (χ3n) is 4.24. The third-order valence-corrected chi connectivity index (χ3v) is 4.24. The highest BCUT2D eigenvalue weighted by molar-refractivity contribution is 5.09. The Morgan fingerprint density at radius 3 is 2.67 bits per heavy atom. The first kappa shape index (κ1) is 14.2. The standard InChI is InChI=1S/C16H23N5/c1-12-10-18-16(19-11-12)15(17-2)9-13-7-8-21(20-13)14-5-3-4-6-14/h7-8,10-11,14-15,17H,3-6,9H2,1-2H3. The molecule has 1 aliphatic carbocycles. The largest absolute Gasteiger partial charge is 0.310 e. The van der Waals surface area contributed by atoms with E-state index in [0.29, 0.717) is 6.04 Å². The van der Waals surface area contributed by atoms with Crippen molar-refractivity contribution in [3.8, 4) is 0 Å². The van der Waals surface area contributed by atoms with Crippen LogP contribution in [0.1, 0.15) is 54.8 Å². The van der Waals surface area contributed by atoms with Crippen LogP contribution in [0, 0.1) is 6.92 Å². The van der Waals surface area contributed by atoms with Gasteiger partial charge in [0, 0.05) is 25.0 Å². The van der Waals surface area contributed by atoms with Gasteiger partial charge >= 0.3 is 0 Å². The molecule has 0 radical (unpaired) electrons. The Morgan fingerprint density at radius 2 is 2.00 bits per heavy atom. The molecule has 0 spiro atoms. The predicted octanol–water partition coefficient (Wildman–Crippen LogP) is 2.60.